The molecule has 5 heterocycles. The van der Waals surface area contributed by atoms with Gasteiger partial charge in [0.25, 0.3) is 6.43 Å². The topological polar surface area (TPSA) is 105 Å². The normalized spacial score (nSPS) is 21.3. The Balaban J connectivity index is 1.48. The summed E-state index contributed by atoms with van der Waals surface area (Å²) in [7, 11) is -3.79. The summed E-state index contributed by atoms with van der Waals surface area (Å²) in [4.78, 5) is 6.74. The van der Waals surface area contributed by atoms with Crippen molar-refractivity contribution in [3.8, 4) is 10.8 Å². The third-order valence-corrected chi connectivity index (χ3v) is 9.42. The van der Waals surface area contributed by atoms with Crippen molar-refractivity contribution >= 4 is 32.6 Å². The first-order valence-corrected chi connectivity index (χ1v) is 13.1. The molecule has 1 saturated carbocycles. The zero-order valence-electron chi connectivity index (χ0n) is 17.9. The number of hydrogen-bond donors (Lipinski definition) is 2. The SMILES string of the molecule is CC1(NS(=O)(=O)c2cc(N3CCC4(CNC4)C3)c3cnc(-c4nnc(C(F)F)s4)n3c2)CC1. The first-order valence-electron chi connectivity index (χ1n) is 10.8. The number of nitrogens with zero attached hydrogens (tertiary/aromatic N) is 5. The van der Waals surface area contributed by atoms with Gasteiger partial charge in [-0.2, -0.15) is 0 Å². The fourth-order valence-corrected chi connectivity index (χ4v) is 6.78. The lowest BCUT2D eigenvalue weighted by Crippen LogP contribution is -2.54. The molecule has 0 unspecified atom stereocenters. The largest absolute Gasteiger partial charge is 0.369 e. The number of hydrogen-bond acceptors (Lipinski definition) is 8. The van der Waals surface area contributed by atoms with Gasteiger partial charge >= 0.3 is 0 Å². The maximum atomic E-state index is 13.3. The van der Waals surface area contributed by atoms with Crippen molar-refractivity contribution in [2.75, 3.05) is 31.1 Å². The summed E-state index contributed by atoms with van der Waals surface area (Å²) in [5, 5.41) is 10.6. The number of halogens is 2. The molecule has 6 rings (SSSR count). The van der Waals surface area contributed by atoms with Gasteiger partial charge in [0, 0.05) is 43.3 Å². The van der Waals surface area contributed by atoms with Crippen molar-refractivity contribution < 1.29 is 17.2 Å². The molecule has 13 heteroatoms. The van der Waals surface area contributed by atoms with Gasteiger partial charge < -0.3 is 10.2 Å². The van der Waals surface area contributed by atoms with Crippen LogP contribution >= 0.6 is 11.3 Å². The summed E-state index contributed by atoms with van der Waals surface area (Å²) < 4.78 is 57.1. The molecular formula is C20H23F2N7O2S2. The van der Waals surface area contributed by atoms with Gasteiger partial charge in [-0.1, -0.05) is 11.3 Å². The first-order chi connectivity index (χ1) is 15.7. The molecule has 0 atom stereocenters. The van der Waals surface area contributed by atoms with E-state index in [0.717, 1.165) is 62.5 Å². The van der Waals surface area contributed by atoms with E-state index >= 15 is 0 Å². The maximum absolute atomic E-state index is 13.3. The van der Waals surface area contributed by atoms with Crippen LogP contribution in [-0.2, 0) is 10.0 Å². The standard InChI is InChI=1S/C20H23F2N7O2S2/c1-19(2-3-19)27-33(30,31)12-6-13(28-5-4-20(11-28)9-23-10-20)14-7-24-16(29(14)8-12)18-26-25-17(32-18)15(21)22/h6-8,15,23,27H,2-5,9-11H2,1H3. The molecule has 2 aliphatic heterocycles. The summed E-state index contributed by atoms with van der Waals surface area (Å²) in [5.74, 6) is 0.296. The van der Waals surface area contributed by atoms with Crippen LogP contribution in [0.3, 0.4) is 0 Å². The molecule has 1 spiro atoms. The number of anilines is 1. The first kappa shape index (κ1) is 21.3. The van der Waals surface area contributed by atoms with E-state index < -0.39 is 27.0 Å². The van der Waals surface area contributed by atoms with Crippen molar-refractivity contribution in [1.82, 2.24) is 29.6 Å². The van der Waals surface area contributed by atoms with Gasteiger partial charge in [-0.3, -0.25) is 4.40 Å². The van der Waals surface area contributed by atoms with Crippen molar-refractivity contribution in [2.45, 2.75) is 43.0 Å². The van der Waals surface area contributed by atoms with Crippen LogP contribution < -0.4 is 14.9 Å². The Morgan fingerprint density at radius 2 is 2.03 bits per heavy atom. The molecule has 9 nitrogen and oxygen atoms in total. The van der Waals surface area contributed by atoms with Crippen LogP contribution in [0.25, 0.3) is 16.3 Å². The number of sulfonamides is 1. The average Bonchev–Trinajstić information content (AvgIpc) is 3.20. The van der Waals surface area contributed by atoms with Crippen molar-refractivity contribution in [3.63, 3.8) is 0 Å². The zero-order chi connectivity index (χ0) is 23.0. The van der Waals surface area contributed by atoms with E-state index in [1.54, 1.807) is 16.7 Å². The number of alkyl halides is 2. The molecule has 0 amide bonds. The smallest absolute Gasteiger partial charge is 0.291 e. The lowest BCUT2D eigenvalue weighted by molar-refractivity contribution is 0.150. The van der Waals surface area contributed by atoms with Crippen LogP contribution in [0.2, 0.25) is 0 Å². The van der Waals surface area contributed by atoms with Crippen molar-refractivity contribution in [3.05, 3.63) is 23.5 Å². The van der Waals surface area contributed by atoms with Gasteiger partial charge in [0.15, 0.2) is 15.8 Å². The number of imidazole rings is 1. The van der Waals surface area contributed by atoms with E-state index in [9.17, 15) is 17.2 Å². The van der Waals surface area contributed by atoms with Crippen LogP contribution in [0.1, 0.15) is 37.6 Å². The Hall–Kier alpha value is -2.22. The quantitative estimate of drug-likeness (QED) is 0.541. The highest BCUT2D eigenvalue weighted by atomic mass is 32.2. The number of fused-ring (bicyclic) bond motifs is 1. The van der Waals surface area contributed by atoms with Crippen LogP contribution in [0.15, 0.2) is 23.4 Å². The predicted molar refractivity (Wildman–Crippen MR) is 119 cm³/mol. The molecule has 0 radical (unpaired) electrons. The fraction of sp³-hybridized carbons (Fsp3) is 0.550. The van der Waals surface area contributed by atoms with Gasteiger partial charge in [-0.15, -0.1) is 10.2 Å². The molecule has 2 N–H and O–H groups in total. The van der Waals surface area contributed by atoms with Crippen LogP contribution in [-0.4, -0.2) is 59.7 Å². The third-order valence-electron chi connectivity index (χ3n) is 6.88. The Morgan fingerprint density at radius 3 is 2.64 bits per heavy atom. The minimum absolute atomic E-state index is 0.114. The molecule has 3 aromatic heterocycles. The number of aromatic nitrogens is 4. The summed E-state index contributed by atoms with van der Waals surface area (Å²) in [6.45, 7) is 5.40. The van der Waals surface area contributed by atoms with Crippen LogP contribution in [0.4, 0.5) is 14.5 Å². The highest BCUT2D eigenvalue weighted by Gasteiger charge is 2.44. The minimum Gasteiger partial charge on any atom is -0.369 e. The van der Waals surface area contributed by atoms with E-state index in [0.29, 0.717) is 11.3 Å². The summed E-state index contributed by atoms with van der Waals surface area (Å²) in [5.41, 5.74) is 1.26. The van der Waals surface area contributed by atoms with Gasteiger partial charge in [-0.25, -0.2) is 26.9 Å². The molecule has 2 saturated heterocycles. The molecule has 33 heavy (non-hydrogen) atoms. The van der Waals surface area contributed by atoms with Gasteiger partial charge in [0.1, 0.15) is 4.90 Å². The van der Waals surface area contributed by atoms with E-state index in [-0.39, 0.29) is 15.3 Å². The number of pyridine rings is 1. The van der Waals surface area contributed by atoms with Gasteiger partial charge in [0.05, 0.1) is 17.4 Å². The van der Waals surface area contributed by atoms with E-state index in [1.165, 1.54) is 6.20 Å². The Morgan fingerprint density at radius 1 is 1.24 bits per heavy atom. The lowest BCUT2D eigenvalue weighted by atomic mass is 9.81. The Kier molecular flexibility index (Phi) is 4.61. The molecule has 1 aliphatic carbocycles. The van der Waals surface area contributed by atoms with Gasteiger partial charge in [0.2, 0.25) is 10.0 Å². The molecule has 0 aromatic carbocycles. The highest BCUT2D eigenvalue weighted by Crippen LogP contribution is 2.41. The minimum atomic E-state index is -3.79. The lowest BCUT2D eigenvalue weighted by Gasteiger charge is -2.39. The van der Waals surface area contributed by atoms with Crippen molar-refractivity contribution in [1.29, 1.82) is 0 Å². The third kappa shape index (κ3) is 3.61. The fourth-order valence-electron chi connectivity index (χ4n) is 4.61. The molecule has 3 aliphatic rings. The molecule has 3 aromatic rings. The molecule has 3 fully saturated rings. The second-order valence-corrected chi connectivity index (χ2v) is 12.3. The van der Waals surface area contributed by atoms with E-state index in [4.69, 9.17) is 0 Å². The Labute approximate surface area is 193 Å². The maximum Gasteiger partial charge on any atom is 0.291 e. The average molecular weight is 496 g/mol. The molecular weight excluding hydrogens is 472 g/mol. The second-order valence-electron chi connectivity index (χ2n) is 9.59. The summed E-state index contributed by atoms with van der Waals surface area (Å²) in [6.07, 6.45) is 3.02. The van der Waals surface area contributed by atoms with Gasteiger partial charge in [-0.05, 0) is 32.3 Å². The predicted octanol–water partition coefficient (Wildman–Crippen LogP) is 2.42. The Bertz CT molecular complexity index is 1350. The second kappa shape index (κ2) is 7.14. The van der Waals surface area contributed by atoms with E-state index in [1.807, 2.05) is 6.92 Å². The van der Waals surface area contributed by atoms with Crippen molar-refractivity contribution in [2.24, 2.45) is 5.41 Å². The van der Waals surface area contributed by atoms with Crippen LogP contribution in [0.5, 0.6) is 0 Å². The monoisotopic (exact) mass is 495 g/mol. The summed E-state index contributed by atoms with van der Waals surface area (Å²) >= 11 is 0.755. The van der Waals surface area contributed by atoms with Crippen LogP contribution in [0, 0.1) is 5.41 Å². The molecule has 0 bridgehead atoms. The number of rotatable bonds is 6. The summed E-state index contributed by atoms with van der Waals surface area (Å²) in [6, 6.07) is 1.70. The molecule has 176 valence electrons. The number of nitrogens with one attached hydrogen (secondary N) is 2. The highest BCUT2D eigenvalue weighted by molar-refractivity contribution is 7.89. The zero-order valence-corrected chi connectivity index (χ0v) is 19.5. The van der Waals surface area contributed by atoms with E-state index in [2.05, 4.69) is 30.1 Å².